The number of nitrogens with zero attached hydrogens (tertiary/aromatic N) is 2. The normalized spacial score (nSPS) is 11.6. The first kappa shape index (κ1) is 19.6. The average Bonchev–Trinajstić information content (AvgIpc) is 2.87. The minimum atomic E-state index is -3.05. The standard InChI is InChI=1S/C15H14BF2IN2O4/c1-15(2,23)7-21-11(6-10(20-21)13(22)25-19)9-4-3-8(16)5-12(9)24-14(17)18/h3-6,14,23H,7H2,1-2H3. The minimum Gasteiger partial charge on any atom is -0.434 e. The average molecular weight is 462 g/mol. The van der Waals surface area contributed by atoms with Crippen molar-refractivity contribution in [2.45, 2.75) is 32.6 Å². The highest BCUT2D eigenvalue weighted by Gasteiger charge is 2.23. The molecule has 0 aliphatic rings. The molecule has 1 aromatic heterocycles. The Balaban J connectivity index is 2.60. The van der Waals surface area contributed by atoms with Crippen LogP contribution in [-0.2, 0) is 9.61 Å². The van der Waals surface area contributed by atoms with Gasteiger partial charge in [-0.2, -0.15) is 13.9 Å². The van der Waals surface area contributed by atoms with Crippen LogP contribution in [0.25, 0.3) is 11.3 Å². The zero-order valence-corrected chi connectivity index (χ0v) is 15.5. The quantitative estimate of drug-likeness (QED) is 0.527. The lowest BCUT2D eigenvalue weighted by Gasteiger charge is -2.19. The van der Waals surface area contributed by atoms with Crippen molar-refractivity contribution in [2.75, 3.05) is 0 Å². The van der Waals surface area contributed by atoms with Crippen LogP contribution in [0.15, 0.2) is 24.3 Å². The summed E-state index contributed by atoms with van der Waals surface area (Å²) >= 11 is 1.42. The fraction of sp³-hybridized carbons (Fsp3) is 0.333. The molecule has 1 aromatic carbocycles. The molecule has 0 bridgehead atoms. The molecule has 0 amide bonds. The summed E-state index contributed by atoms with van der Waals surface area (Å²) in [6, 6.07) is 5.60. The topological polar surface area (TPSA) is 73.6 Å². The lowest BCUT2D eigenvalue weighted by atomic mass is 9.94. The van der Waals surface area contributed by atoms with Gasteiger partial charge in [-0.05, 0) is 32.0 Å². The summed E-state index contributed by atoms with van der Waals surface area (Å²) < 4.78 is 35.9. The fourth-order valence-corrected chi connectivity index (χ4v) is 2.43. The van der Waals surface area contributed by atoms with E-state index in [1.807, 2.05) is 0 Å². The smallest absolute Gasteiger partial charge is 0.387 e. The number of halogens is 3. The summed E-state index contributed by atoms with van der Waals surface area (Å²) in [5.74, 6) is -0.871. The van der Waals surface area contributed by atoms with Gasteiger partial charge in [0.05, 0.1) is 17.8 Å². The molecule has 0 saturated heterocycles. The number of carbonyl (C=O) groups excluding carboxylic acids is 1. The van der Waals surface area contributed by atoms with E-state index in [0.717, 1.165) is 0 Å². The van der Waals surface area contributed by atoms with Crippen LogP contribution in [0.2, 0.25) is 0 Å². The maximum absolute atomic E-state index is 12.7. The lowest BCUT2D eigenvalue weighted by molar-refractivity contribution is -0.0494. The molecule has 0 unspecified atom stereocenters. The minimum absolute atomic E-state index is 0.00928. The van der Waals surface area contributed by atoms with Gasteiger partial charge in [-0.25, -0.2) is 4.79 Å². The Morgan fingerprint density at radius 3 is 2.68 bits per heavy atom. The van der Waals surface area contributed by atoms with E-state index < -0.39 is 18.2 Å². The summed E-state index contributed by atoms with van der Waals surface area (Å²) in [6.45, 7) is 0.0582. The Morgan fingerprint density at radius 1 is 1.44 bits per heavy atom. The van der Waals surface area contributed by atoms with Crippen LogP contribution in [-0.4, -0.2) is 40.9 Å². The summed E-state index contributed by atoms with van der Waals surface area (Å²) in [6.07, 6.45) is 0. The van der Waals surface area contributed by atoms with E-state index in [0.29, 0.717) is 5.69 Å². The number of aromatic nitrogens is 2. The van der Waals surface area contributed by atoms with Crippen molar-refractivity contribution >= 4 is 42.3 Å². The van der Waals surface area contributed by atoms with Gasteiger partial charge in [0.25, 0.3) is 0 Å². The highest BCUT2D eigenvalue weighted by atomic mass is 127. The van der Waals surface area contributed by atoms with Gasteiger partial charge in [0.15, 0.2) is 28.7 Å². The Kier molecular flexibility index (Phi) is 6.04. The Bertz CT molecular complexity index is 777. The molecule has 0 aliphatic carbocycles. The Hall–Kier alpha value is -1.69. The fourth-order valence-electron chi connectivity index (χ4n) is 2.20. The number of hydrogen-bond acceptors (Lipinski definition) is 5. The van der Waals surface area contributed by atoms with E-state index in [-0.39, 0.29) is 29.0 Å². The van der Waals surface area contributed by atoms with Crippen LogP contribution < -0.4 is 10.2 Å². The largest absolute Gasteiger partial charge is 0.434 e. The molecular formula is C15H14BF2IN2O4. The van der Waals surface area contributed by atoms with Crippen molar-refractivity contribution in [1.29, 1.82) is 0 Å². The molecule has 0 atom stereocenters. The second-order valence-corrected chi connectivity index (χ2v) is 6.32. The van der Waals surface area contributed by atoms with Gasteiger partial charge in [0.2, 0.25) is 0 Å². The van der Waals surface area contributed by atoms with E-state index in [2.05, 4.69) is 12.9 Å². The molecule has 0 spiro atoms. The summed E-state index contributed by atoms with van der Waals surface area (Å²) in [4.78, 5) is 11.8. The number of rotatable bonds is 6. The van der Waals surface area contributed by atoms with Crippen molar-refractivity contribution in [3.05, 3.63) is 30.0 Å². The number of alkyl halides is 2. The van der Waals surface area contributed by atoms with Gasteiger partial charge >= 0.3 is 12.6 Å². The number of aliphatic hydroxyl groups is 1. The van der Waals surface area contributed by atoms with E-state index in [4.69, 9.17) is 7.85 Å². The highest BCUT2D eigenvalue weighted by molar-refractivity contribution is 14.1. The van der Waals surface area contributed by atoms with Crippen molar-refractivity contribution in [2.24, 2.45) is 0 Å². The monoisotopic (exact) mass is 462 g/mol. The van der Waals surface area contributed by atoms with Gasteiger partial charge in [-0.3, -0.25) is 4.68 Å². The summed E-state index contributed by atoms with van der Waals surface area (Å²) in [5.41, 5.74) is -0.411. The first-order valence-corrected chi connectivity index (χ1v) is 7.96. The zero-order chi connectivity index (χ0) is 18.8. The predicted molar refractivity (Wildman–Crippen MR) is 95.4 cm³/mol. The van der Waals surface area contributed by atoms with Crippen LogP contribution in [0.4, 0.5) is 8.78 Å². The second kappa shape index (κ2) is 7.69. The SMILES string of the molecule is [B]c1ccc(-c2cc(C(=O)OI)nn2CC(C)(C)O)c(OC(F)F)c1. The molecule has 1 heterocycles. The highest BCUT2D eigenvalue weighted by Crippen LogP contribution is 2.32. The van der Waals surface area contributed by atoms with Gasteiger partial charge in [-0.15, -0.1) is 0 Å². The lowest BCUT2D eigenvalue weighted by Crippen LogP contribution is -2.27. The van der Waals surface area contributed by atoms with Crippen LogP contribution in [0.1, 0.15) is 24.3 Å². The molecule has 0 saturated carbocycles. The molecule has 1 N–H and O–H groups in total. The predicted octanol–water partition coefficient (Wildman–Crippen LogP) is 2.22. The van der Waals surface area contributed by atoms with Crippen LogP contribution in [0, 0.1) is 0 Å². The zero-order valence-electron chi connectivity index (χ0n) is 13.4. The summed E-state index contributed by atoms with van der Waals surface area (Å²) in [5, 5.41) is 14.1. The maximum atomic E-state index is 12.7. The molecule has 2 rings (SSSR count). The maximum Gasteiger partial charge on any atom is 0.387 e. The number of carbonyl (C=O) groups is 1. The molecule has 2 radical (unpaired) electrons. The van der Waals surface area contributed by atoms with E-state index in [1.165, 1.54) is 52.0 Å². The molecule has 6 nitrogen and oxygen atoms in total. The molecule has 0 fully saturated rings. The third kappa shape index (κ3) is 5.14. The Labute approximate surface area is 158 Å². The first-order chi connectivity index (χ1) is 11.6. The van der Waals surface area contributed by atoms with Crippen molar-refractivity contribution in [3.8, 4) is 17.0 Å². The molecule has 0 aliphatic heterocycles. The van der Waals surface area contributed by atoms with E-state index in [9.17, 15) is 18.7 Å². The molecule has 132 valence electrons. The van der Waals surface area contributed by atoms with Gasteiger partial charge in [-0.1, -0.05) is 11.5 Å². The van der Waals surface area contributed by atoms with Gasteiger partial charge in [0.1, 0.15) is 13.6 Å². The van der Waals surface area contributed by atoms with Crippen LogP contribution in [0.5, 0.6) is 5.75 Å². The Morgan fingerprint density at radius 2 is 2.12 bits per heavy atom. The molecular weight excluding hydrogens is 448 g/mol. The van der Waals surface area contributed by atoms with E-state index >= 15 is 0 Å². The van der Waals surface area contributed by atoms with E-state index in [1.54, 1.807) is 13.8 Å². The van der Waals surface area contributed by atoms with Crippen molar-refractivity contribution in [3.63, 3.8) is 0 Å². The summed E-state index contributed by atoms with van der Waals surface area (Å²) in [7, 11) is 5.63. The molecule has 2 aromatic rings. The van der Waals surface area contributed by atoms with Crippen LogP contribution in [0.3, 0.4) is 0 Å². The van der Waals surface area contributed by atoms with Gasteiger partial charge in [0, 0.05) is 5.56 Å². The third-order valence-corrected chi connectivity index (χ3v) is 3.49. The molecule has 25 heavy (non-hydrogen) atoms. The third-order valence-electron chi connectivity index (χ3n) is 3.09. The number of benzene rings is 1. The number of hydrogen-bond donors (Lipinski definition) is 1. The van der Waals surface area contributed by atoms with Crippen molar-refractivity contribution < 1.29 is 26.5 Å². The first-order valence-electron chi connectivity index (χ1n) is 7.08. The molecule has 10 heteroatoms. The van der Waals surface area contributed by atoms with Crippen molar-refractivity contribution in [1.82, 2.24) is 9.78 Å². The number of ether oxygens (including phenoxy) is 1. The van der Waals surface area contributed by atoms with Crippen LogP contribution >= 0.6 is 23.0 Å². The van der Waals surface area contributed by atoms with Gasteiger partial charge < -0.3 is 12.9 Å². The second-order valence-electron chi connectivity index (χ2n) is 5.88.